The summed E-state index contributed by atoms with van der Waals surface area (Å²) in [4.78, 5) is 15.1. The van der Waals surface area contributed by atoms with Gasteiger partial charge in [-0.1, -0.05) is 23.7 Å². The Balaban J connectivity index is 1.72. The first-order valence-corrected chi connectivity index (χ1v) is 10.9. The van der Waals surface area contributed by atoms with Gasteiger partial charge < -0.3 is 20.7 Å². The van der Waals surface area contributed by atoms with E-state index in [0.29, 0.717) is 29.5 Å². The summed E-state index contributed by atoms with van der Waals surface area (Å²) in [5.41, 5.74) is 10.6. The molecule has 0 radical (unpaired) electrons. The highest BCUT2D eigenvalue weighted by atomic mass is 35.5. The lowest BCUT2D eigenvalue weighted by molar-refractivity contribution is 0.0606. The number of halogens is 1. The summed E-state index contributed by atoms with van der Waals surface area (Å²) in [5.74, 6) is 0.636. The van der Waals surface area contributed by atoms with E-state index in [-0.39, 0.29) is 11.9 Å². The molecule has 0 bridgehead atoms. The SMILES string of the molecule is Cc1c2c(cc(Cl)c1-c1cccc3sc(N)c(C)c13)C(=O)N1CCNC[C@@H]1CO2. The number of nitrogen functional groups attached to an aromatic ring is 1. The summed E-state index contributed by atoms with van der Waals surface area (Å²) < 4.78 is 7.33. The van der Waals surface area contributed by atoms with Gasteiger partial charge in [-0.2, -0.15) is 0 Å². The zero-order valence-electron chi connectivity index (χ0n) is 16.3. The Morgan fingerprint density at radius 2 is 2.10 bits per heavy atom. The van der Waals surface area contributed by atoms with Crippen molar-refractivity contribution in [2.45, 2.75) is 19.9 Å². The predicted octanol–water partition coefficient (Wildman–Crippen LogP) is 4.23. The summed E-state index contributed by atoms with van der Waals surface area (Å²) in [6, 6.07) is 7.97. The number of anilines is 1. The number of carbonyl (C=O) groups excluding carboxylic acids is 1. The van der Waals surface area contributed by atoms with Crippen LogP contribution in [0.5, 0.6) is 5.75 Å². The Kier molecular flexibility index (Phi) is 4.46. The fraction of sp³-hybridized carbons (Fsp3) is 0.318. The second-order valence-electron chi connectivity index (χ2n) is 7.67. The highest BCUT2D eigenvalue weighted by molar-refractivity contribution is 7.23. The summed E-state index contributed by atoms with van der Waals surface area (Å²) in [5, 5.41) is 5.82. The molecule has 3 heterocycles. The normalized spacial score (nSPS) is 18.9. The van der Waals surface area contributed by atoms with Gasteiger partial charge in [-0.05, 0) is 37.1 Å². The maximum absolute atomic E-state index is 13.2. The minimum Gasteiger partial charge on any atom is -0.490 e. The zero-order chi connectivity index (χ0) is 20.3. The van der Waals surface area contributed by atoms with Crippen molar-refractivity contribution in [2.24, 2.45) is 0 Å². The van der Waals surface area contributed by atoms with Crippen molar-refractivity contribution in [3.63, 3.8) is 0 Å². The van der Waals surface area contributed by atoms with Crippen LogP contribution in [0.4, 0.5) is 5.00 Å². The van der Waals surface area contributed by atoms with Crippen LogP contribution in [-0.4, -0.2) is 43.1 Å². The van der Waals surface area contributed by atoms with Crippen molar-refractivity contribution in [1.82, 2.24) is 10.2 Å². The van der Waals surface area contributed by atoms with E-state index in [4.69, 9.17) is 22.1 Å². The summed E-state index contributed by atoms with van der Waals surface area (Å²) in [6.45, 7) is 6.71. The number of fused-ring (bicyclic) bond motifs is 3. The number of hydrogen-bond donors (Lipinski definition) is 2. The van der Waals surface area contributed by atoms with Crippen LogP contribution in [0.1, 0.15) is 21.5 Å². The van der Waals surface area contributed by atoms with Crippen LogP contribution in [0, 0.1) is 13.8 Å². The topological polar surface area (TPSA) is 67.6 Å². The molecule has 5 rings (SSSR count). The fourth-order valence-corrected chi connectivity index (χ4v) is 5.83. The molecule has 5 nitrogen and oxygen atoms in total. The molecular formula is C22H22ClN3O2S. The molecule has 29 heavy (non-hydrogen) atoms. The molecule has 0 spiro atoms. The maximum Gasteiger partial charge on any atom is 0.258 e. The molecule has 2 aliphatic rings. The van der Waals surface area contributed by atoms with Gasteiger partial charge in [0.2, 0.25) is 0 Å². The van der Waals surface area contributed by atoms with Crippen LogP contribution >= 0.6 is 22.9 Å². The molecule has 1 amide bonds. The standard InChI is InChI=1S/C22H22ClN3O2S/c1-11-18(14-4-3-5-17-19(14)12(2)21(24)29-17)16(23)8-15-20(11)28-10-13-9-25-6-7-26(13)22(15)27/h3-5,8,13,25H,6-7,9-10,24H2,1-2H3/t13-/m1/s1. The van der Waals surface area contributed by atoms with Gasteiger partial charge in [0.15, 0.2) is 0 Å². The third kappa shape index (κ3) is 2.81. The largest absolute Gasteiger partial charge is 0.490 e. The molecule has 3 aromatic rings. The van der Waals surface area contributed by atoms with Crippen molar-refractivity contribution in [3.8, 4) is 16.9 Å². The number of carbonyl (C=O) groups is 1. The van der Waals surface area contributed by atoms with Crippen molar-refractivity contribution < 1.29 is 9.53 Å². The number of ether oxygens (including phenoxy) is 1. The maximum atomic E-state index is 13.2. The number of hydrogen-bond acceptors (Lipinski definition) is 5. The van der Waals surface area contributed by atoms with Gasteiger partial charge in [0.25, 0.3) is 5.91 Å². The van der Waals surface area contributed by atoms with Crippen molar-refractivity contribution >= 4 is 43.9 Å². The van der Waals surface area contributed by atoms with E-state index in [1.165, 1.54) is 0 Å². The smallest absolute Gasteiger partial charge is 0.258 e. The van der Waals surface area contributed by atoms with Crippen LogP contribution in [0.3, 0.4) is 0 Å². The van der Waals surface area contributed by atoms with E-state index < -0.39 is 0 Å². The summed E-state index contributed by atoms with van der Waals surface area (Å²) in [7, 11) is 0. The molecule has 1 saturated heterocycles. The summed E-state index contributed by atoms with van der Waals surface area (Å²) in [6.07, 6.45) is 0. The molecule has 0 saturated carbocycles. The zero-order valence-corrected chi connectivity index (χ0v) is 17.9. The number of nitrogens with zero attached hydrogens (tertiary/aromatic N) is 1. The van der Waals surface area contributed by atoms with E-state index in [9.17, 15) is 4.79 Å². The minimum atomic E-state index is -0.00489. The van der Waals surface area contributed by atoms with Gasteiger partial charge in [-0.15, -0.1) is 11.3 Å². The minimum absolute atomic E-state index is 0.00489. The van der Waals surface area contributed by atoms with Crippen LogP contribution in [-0.2, 0) is 0 Å². The Bertz CT molecular complexity index is 1160. The molecule has 150 valence electrons. The molecule has 0 aliphatic carbocycles. The molecule has 2 aliphatic heterocycles. The van der Waals surface area contributed by atoms with E-state index in [1.807, 2.05) is 24.8 Å². The van der Waals surface area contributed by atoms with Crippen molar-refractivity contribution in [2.75, 3.05) is 32.0 Å². The lowest BCUT2D eigenvalue weighted by Crippen LogP contribution is -2.54. The van der Waals surface area contributed by atoms with E-state index in [2.05, 4.69) is 17.4 Å². The third-order valence-corrected chi connectivity index (χ3v) is 7.38. The predicted molar refractivity (Wildman–Crippen MR) is 119 cm³/mol. The highest BCUT2D eigenvalue weighted by Crippen LogP contribution is 2.46. The van der Waals surface area contributed by atoms with E-state index >= 15 is 0 Å². The Morgan fingerprint density at radius 3 is 2.93 bits per heavy atom. The van der Waals surface area contributed by atoms with Gasteiger partial charge in [0.1, 0.15) is 12.4 Å². The number of thiophene rings is 1. The molecule has 0 unspecified atom stereocenters. The molecule has 3 N–H and O–H groups in total. The molecule has 1 fully saturated rings. The van der Waals surface area contributed by atoms with E-state index in [0.717, 1.165) is 50.4 Å². The molecule has 1 atom stereocenters. The number of nitrogens with one attached hydrogen (secondary N) is 1. The van der Waals surface area contributed by atoms with Crippen molar-refractivity contribution in [1.29, 1.82) is 0 Å². The lowest BCUT2D eigenvalue weighted by atomic mass is 9.93. The van der Waals surface area contributed by atoms with Gasteiger partial charge in [-0.3, -0.25) is 4.79 Å². The molecular weight excluding hydrogens is 406 g/mol. The Morgan fingerprint density at radius 1 is 1.28 bits per heavy atom. The van der Waals surface area contributed by atoms with Crippen LogP contribution < -0.4 is 15.8 Å². The fourth-order valence-electron chi connectivity index (χ4n) is 4.48. The molecule has 1 aromatic heterocycles. The highest BCUT2D eigenvalue weighted by Gasteiger charge is 2.34. The Hall–Kier alpha value is -2.28. The van der Waals surface area contributed by atoms with Gasteiger partial charge in [0.05, 0.1) is 16.6 Å². The number of piperazine rings is 1. The second kappa shape index (κ2) is 6.90. The van der Waals surface area contributed by atoms with Gasteiger partial charge in [-0.25, -0.2) is 0 Å². The Labute approximate surface area is 178 Å². The summed E-state index contributed by atoms with van der Waals surface area (Å²) >= 11 is 8.37. The first kappa shape index (κ1) is 18.7. The third-order valence-electron chi connectivity index (χ3n) is 5.99. The average Bonchev–Trinajstić information content (AvgIpc) is 2.92. The number of benzene rings is 2. The number of amides is 1. The first-order chi connectivity index (χ1) is 14.0. The van der Waals surface area contributed by atoms with Gasteiger partial charge >= 0.3 is 0 Å². The first-order valence-electron chi connectivity index (χ1n) is 9.73. The number of nitrogens with two attached hydrogens (primary N) is 1. The second-order valence-corrected chi connectivity index (χ2v) is 9.16. The van der Waals surface area contributed by atoms with E-state index in [1.54, 1.807) is 17.4 Å². The number of aryl methyl sites for hydroxylation is 1. The average molecular weight is 428 g/mol. The quantitative estimate of drug-likeness (QED) is 0.610. The number of rotatable bonds is 1. The monoisotopic (exact) mass is 427 g/mol. The molecule has 7 heteroatoms. The van der Waals surface area contributed by atoms with Gasteiger partial charge in [0, 0.05) is 45.9 Å². The van der Waals surface area contributed by atoms with Crippen LogP contribution in [0.2, 0.25) is 5.02 Å². The molecule has 2 aromatic carbocycles. The van der Waals surface area contributed by atoms with Crippen LogP contribution in [0.15, 0.2) is 24.3 Å². The van der Waals surface area contributed by atoms with Crippen LogP contribution in [0.25, 0.3) is 21.2 Å². The van der Waals surface area contributed by atoms with Crippen molar-refractivity contribution in [3.05, 3.63) is 46.0 Å². The lowest BCUT2D eigenvalue weighted by Gasteiger charge is -2.33.